The molecule has 2 nitrogen and oxygen atoms in total. The van der Waals surface area contributed by atoms with Gasteiger partial charge in [0.2, 0.25) is 0 Å². The van der Waals surface area contributed by atoms with Crippen molar-refractivity contribution < 1.29 is 4.74 Å². The van der Waals surface area contributed by atoms with Crippen molar-refractivity contribution in [2.45, 2.75) is 65.0 Å². The highest BCUT2D eigenvalue weighted by atomic mass is 16.5. The SMILES string of the molecule is CCC(NCCCC1CCCO1)C(C)C. The van der Waals surface area contributed by atoms with Gasteiger partial charge in [-0.05, 0) is 44.6 Å². The zero-order chi connectivity index (χ0) is 11.1. The molecule has 2 atom stereocenters. The van der Waals surface area contributed by atoms with Gasteiger partial charge in [0.15, 0.2) is 0 Å². The lowest BCUT2D eigenvalue weighted by Gasteiger charge is -2.21. The monoisotopic (exact) mass is 213 g/mol. The van der Waals surface area contributed by atoms with Gasteiger partial charge in [-0.2, -0.15) is 0 Å². The van der Waals surface area contributed by atoms with Crippen LogP contribution in [0.25, 0.3) is 0 Å². The first-order valence-electron chi connectivity index (χ1n) is 6.59. The van der Waals surface area contributed by atoms with E-state index < -0.39 is 0 Å². The Bertz CT molecular complexity index is 153. The van der Waals surface area contributed by atoms with E-state index in [1.165, 1.54) is 32.1 Å². The largest absolute Gasteiger partial charge is 0.378 e. The van der Waals surface area contributed by atoms with Crippen LogP contribution in [0.2, 0.25) is 0 Å². The van der Waals surface area contributed by atoms with Crippen molar-refractivity contribution in [1.29, 1.82) is 0 Å². The Labute approximate surface area is 94.8 Å². The van der Waals surface area contributed by atoms with E-state index in [4.69, 9.17) is 4.74 Å². The average Bonchev–Trinajstić information content (AvgIpc) is 2.70. The molecule has 0 aromatic rings. The van der Waals surface area contributed by atoms with Gasteiger partial charge >= 0.3 is 0 Å². The van der Waals surface area contributed by atoms with Crippen molar-refractivity contribution in [3.63, 3.8) is 0 Å². The summed E-state index contributed by atoms with van der Waals surface area (Å²) in [5, 5.41) is 3.64. The van der Waals surface area contributed by atoms with Gasteiger partial charge in [0.05, 0.1) is 6.10 Å². The van der Waals surface area contributed by atoms with Crippen LogP contribution in [0.3, 0.4) is 0 Å². The van der Waals surface area contributed by atoms with Crippen molar-refractivity contribution in [2.75, 3.05) is 13.2 Å². The third-order valence-corrected chi connectivity index (χ3v) is 3.38. The summed E-state index contributed by atoms with van der Waals surface area (Å²) < 4.78 is 5.61. The first-order chi connectivity index (χ1) is 7.24. The van der Waals surface area contributed by atoms with Crippen LogP contribution in [0.5, 0.6) is 0 Å². The van der Waals surface area contributed by atoms with Gasteiger partial charge in [-0.1, -0.05) is 20.8 Å². The van der Waals surface area contributed by atoms with E-state index in [0.717, 1.165) is 19.1 Å². The lowest BCUT2D eigenvalue weighted by Crippen LogP contribution is -2.34. The van der Waals surface area contributed by atoms with Gasteiger partial charge in [0.1, 0.15) is 0 Å². The second-order valence-electron chi connectivity index (χ2n) is 4.99. The van der Waals surface area contributed by atoms with Crippen LogP contribution < -0.4 is 5.32 Å². The number of nitrogens with one attached hydrogen (secondary N) is 1. The molecule has 1 rings (SSSR count). The molecule has 1 aliphatic heterocycles. The van der Waals surface area contributed by atoms with Gasteiger partial charge in [-0.25, -0.2) is 0 Å². The number of hydrogen-bond donors (Lipinski definition) is 1. The zero-order valence-electron chi connectivity index (χ0n) is 10.6. The quantitative estimate of drug-likeness (QED) is 0.656. The lowest BCUT2D eigenvalue weighted by molar-refractivity contribution is 0.102. The third kappa shape index (κ3) is 4.98. The summed E-state index contributed by atoms with van der Waals surface area (Å²) in [4.78, 5) is 0. The Morgan fingerprint density at radius 2 is 2.20 bits per heavy atom. The van der Waals surface area contributed by atoms with Gasteiger partial charge in [-0.15, -0.1) is 0 Å². The second-order valence-corrected chi connectivity index (χ2v) is 4.99. The smallest absolute Gasteiger partial charge is 0.0576 e. The molecular formula is C13H27NO. The first kappa shape index (κ1) is 13.0. The highest BCUT2D eigenvalue weighted by Crippen LogP contribution is 2.16. The fraction of sp³-hybridized carbons (Fsp3) is 1.00. The van der Waals surface area contributed by atoms with Gasteiger partial charge in [0, 0.05) is 12.6 Å². The summed E-state index contributed by atoms with van der Waals surface area (Å²) in [5.74, 6) is 0.748. The van der Waals surface area contributed by atoms with E-state index in [1.54, 1.807) is 0 Å². The van der Waals surface area contributed by atoms with E-state index in [1.807, 2.05) is 0 Å². The predicted molar refractivity (Wildman–Crippen MR) is 65.1 cm³/mol. The Morgan fingerprint density at radius 3 is 2.73 bits per heavy atom. The minimum Gasteiger partial charge on any atom is -0.378 e. The topological polar surface area (TPSA) is 21.3 Å². The molecule has 15 heavy (non-hydrogen) atoms. The summed E-state index contributed by atoms with van der Waals surface area (Å²) >= 11 is 0. The summed E-state index contributed by atoms with van der Waals surface area (Å²) in [5.41, 5.74) is 0. The van der Waals surface area contributed by atoms with Gasteiger partial charge in [0.25, 0.3) is 0 Å². The van der Waals surface area contributed by atoms with Gasteiger partial charge in [-0.3, -0.25) is 0 Å². The molecule has 1 N–H and O–H groups in total. The number of hydrogen-bond acceptors (Lipinski definition) is 2. The maximum Gasteiger partial charge on any atom is 0.0576 e. The minimum absolute atomic E-state index is 0.561. The molecule has 0 bridgehead atoms. The van der Waals surface area contributed by atoms with Crippen LogP contribution in [0.15, 0.2) is 0 Å². The molecule has 0 saturated carbocycles. The molecule has 0 spiro atoms. The first-order valence-corrected chi connectivity index (χ1v) is 6.59. The minimum atomic E-state index is 0.561. The molecule has 0 radical (unpaired) electrons. The van der Waals surface area contributed by atoms with E-state index in [9.17, 15) is 0 Å². The van der Waals surface area contributed by atoms with Crippen LogP contribution in [-0.4, -0.2) is 25.3 Å². The van der Waals surface area contributed by atoms with E-state index in [0.29, 0.717) is 12.1 Å². The maximum atomic E-state index is 5.61. The molecule has 1 saturated heterocycles. The average molecular weight is 213 g/mol. The van der Waals surface area contributed by atoms with E-state index in [2.05, 4.69) is 26.1 Å². The van der Waals surface area contributed by atoms with E-state index in [-0.39, 0.29) is 0 Å². The molecule has 0 amide bonds. The fourth-order valence-corrected chi connectivity index (χ4v) is 2.34. The summed E-state index contributed by atoms with van der Waals surface area (Å²) in [6, 6.07) is 0.689. The Hall–Kier alpha value is -0.0800. The van der Waals surface area contributed by atoms with Gasteiger partial charge < -0.3 is 10.1 Å². The Balaban J connectivity index is 1.99. The number of rotatable bonds is 7. The molecular weight excluding hydrogens is 186 g/mol. The summed E-state index contributed by atoms with van der Waals surface area (Å²) in [7, 11) is 0. The normalized spacial score (nSPS) is 23.6. The van der Waals surface area contributed by atoms with Crippen molar-refractivity contribution in [3.8, 4) is 0 Å². The Morgan fingerprint density at radius 1 is 1.40 bits per heavy atom. The lowest BCUT2D eigenvalue weighted by atomic mass is 10.0. The maximum absolute atomic E-state index is 5.61. The summed E-state index contributed by atoms with van der Waals surface area (Å²) in [6.07, 6.45) is 6.83. The van der Waals surface area contributed by atoms with Crippen molar-refractivity contribution in [1.82, 2.24) is 5.32 Å². The molecule has 2 unspecified atom stereocenters. The highest BCUT2D eigenvalue weighted by molar-refractivity contribution is 4.70. The van der Waals surface area contributed by atoms with Crippen LogP contribution in [0.1, 0.15) is 52.9 Å². The molecule has 1 heterocycles. The van der Waals surface area contributed by atoms with Crippen LogP contribution >= 0.6 is 0 Å². The molecule has 0 aromatic heterocycles. The zero-order valence-corrected chi connectivity index (χ0v) is 10.6. The van der Waals surface area contributed by atoms with Crippen molar-refractivity contribution >= 4 is 0 Å². The van der Waals surface area contributed by atoms with Crippen LogP contribution in [0.4, 0.5) is 0 Å². The predicted octanol–water partition coefficient (Wildman–Crippen LogP) is 2.97. The fourth-order valence-electron chi connectivity index (χ4n) is 2.34. The van der Waals surface area contributed by atoms with Crippen molar-refractivity contribution in [3.05, 3.63) is 0 Å². The molecule has 2 heteroatoms. The summed E-state index contributed by atoms with van der Waals surface area (Å²) in [6.45, 7) is 8.98. The molecule has 1 aliphatic rings. The second kappa shape index (κ2) is 7.24. The molecule has 0 aromatic carbocycles. The van der Waals surface area contributed by atoms with Crippen LogP contribution in [-0.2, 0) is 4.74 Å². The molecule has 1 fully saturated rings. The van der Waals surface area contributed by atoms with Crippen LogP contribution in [0, 0.1) is 5.92 Å². The molecule has 0 aliphatic carbocycles. The van der Waals surface area contributed by atoms with Crippen molar-refractivity contribution in [2.24, 2.45) is 5.92 Å². The standard InChI is InChI=1S/C13H27NO/c1-4-13(11(2)3)14-9-5-7-12-8-6-10-15-12/h11-14H,4-10H2,1-3H3. The Kier molecular flexibility index (Phi) is 6.26. The highest BCUT2D eigenvalue weighted by Gasteiger charge is 2.15. The third-order valence-electron chi connectivity index (χ3n) is 3.38. The molecule has 90 valence electrons. The number of ether oxygens (including phenoxy) is 1. The van der Waals surface area contributed by atoms with E-state index >= 15 is 0 Å².